The topological polar surface area (TPSA) is 33.0 Å². The highest BCUT2D eigenvalue weighted by Crippen LogP contribution is 2.29. The molecule has 0 atom stereocenters. The molecule has 1 saturated carbocycles. The molecule has 0 bridgehead atoms. The summed E-state index contributed by atoms with van der Waals surface area (Å²) >= 11 is 5.85. The SMILES string of the molecule is CC1CCC(Oc2ccc(Cl)cc2C#N)CC1. The van der Waals surface area contributed by atoms with Crippen LogP contribution in [0.3, 0.4) is 0 Å². The Balaban J connectivity index is 2.06. The molecule has 90 valence electrons. The van der Waals surface area contributed by atoms with E-state index in [0.717, 1.165) is 18.8 Å². The molecular weight excluding hydrogens is 234 g/mol. The summed E-state index contributed by atoms with van der Waals surface area (Å²) in [5, 5.41) is 9.60. The first-order valence-corrected chi connectivity index (χ1v) is 6.43. The lowest BCUT2D eigenvalue weighted by Gasteiger charge is -2.27. The Kier molecular flexibility index (Phi) is 3.91. The van der Waals surface area contributed by atoms with Crippen LogP contribution in [0, 0.1) is 17.2 Å². The van der Waals surface area contributed by atoms with Gasteiger partial charge >= 0.3 is 0 Å². The van der Waals surface area contributed by atoms with Crippen LogP contribution in [0.4, 0.5) is 0 Å². The summed E-state index contributed by atoms with van der Waals surface area (Å²) in [7, 11) is 0. The van der Waals surface area contributed by atoms with E-state index in [0.29, 0.717) is 16.3 Å². The van der Waals surface area contributed by atoms with E-state index in [1.165, 1.54) is 12.8 Å². The van der Waals surface area contributed by atoms with Gasteiger partial charge < -0.3 is 4.74 Å². The molecule has 1 aliphatic rings. The Bertz CT molecular complexity index is 430. The molecule has 3 heteroatoms. The van der Waals surface area contributed by atoms with E-state index in [-0.39, 0.29) is 6.10 Å². The number of hydrogen-bond acceptors (Lipinski definition) is 2. The Labute approximate surface area is 107 Å². The monoisotopic (exact) mass is 249 g/mol. The first-order chi connectivity index (χ1) is 8.19. The number of benzene rings is 1. The molecule has 0 unspecified atom stereocenters. The van der Waals surface area contributed by atoms with Crippen LogP contribution >= 0.6 is 11.6 Å². The fourth-order valence-electron chi connectivity index (χ4n) is 2.22. The van der Waals surface area contributed by atoms with Crippen LogP contribution < -0.4 is 4.74 Å². The smallest absolute Gasteiger partial charge is 0.137 e. The summed E-state index contributed by atoms with van der Waals surface area (Å²) in [6.07, 6.45) is 4.82. The predicted octanol–water partition coefficient (Wildman–Crippen LogP) is 4.17. The second-order valence-corrected chi connectivity index (χ2v) is 5.19. The maximum atomic E-state index is 9.03. The largest absolute Gasteiger partial charge is 0.489 e. The van der Waals surface area contributed by atoms with Gasteiger partial charge in [-0.05, 0) is 49.8 Å². The van der Waals surface area contributed by atoms with Gasteiger partial charge in [-0.1, -0.05) is 18.5 Å². The van der Waals surface area contributed by atoms with Crippen molar-refractivity contribution in [2.45, 2.75) is 38.7 Å². The summed E-state index contributed by atoms with van der Waals surface area (Å²) in [6, 6.07) is 7.34. The van der Waals surface area contributed by atoms with Crippen molar-refractivity contribution in [1.82, 2.24) is 0 Å². The first-order valence-electron chi connectivity index (χ1n) is 6.05. The molecule has 0 aliphatic heterocycles. The van der Waals surface area contributed by atoms with Crippen molar-refractivity contribution in [2.75, 3.05) is 0 Å². The molecule has 2 rings (SSSR count). The van der Waals surface area contributed by atoms with Crippen LogP contribution in [0.25, 0.3) is 0 Å². The second kappa shape index (κ2) is 5.42. The van der Waals surface area contributed by atoms with Gasteiger partial charge in [0.25, 0.3) is 0 Å². The quantitative estimate of drug-likeness (QED) is 0.788. The van der Waals surface area contributed by atoms with Gasteiger partial charge in [0.1, 0.15) is 11.8 Å². The van der Waals surface area contributed by atoms with Crippen LogP contribution in [0.15, 0.2) is 18.2 Å². The summed E-state index contributed by atoms with van der Waals surface area (Å²) in [4.78, 5) is 0. The van der Waals surface area contributed by atoms with Gasteiger partial charge in [0.15, 0.2) is 0 Å². The van der Waals surface area contributed by atoms with E-state index >= 15 is 0 Å². The zero-order valence-electron chi connectivity index (χ0n) is 9.95. The van der Waals surface area contributed by atoms with E-state index in [4.69, 9.17) is 21.6 Å². The Morgan fingerprint density at radius 2 is 2.00 bits per heavy atom. The number of rotatable bonds is 2. The summed E-state index contributed by atoms with van der Waals surface area (Å²) in [5.41, 5.74) is 0.524. The van der Waals surface area contributed by atoms with E-state index in [9.17, 15) is 0 Å². The molecule has 1 fully saturated rings. The molecule has 1 aromatic carbocycles. The van der Waals surface area contributed by atoms with Gasteiger partial charge in [0, 0.05) is 5.02 Å². The minimum absolute atomic E-state index is 0.250. The molecule has 0 amide bonds. The molecule has 0 radical (unpaired) electrons. The van der Waals surface area contributed by atoms with Gasteiger partial charge in [-0.3, -0.25) is 0 Å². The maximum Gasteiger partial charge on any atom is 0.137 e. The molecule has 0 spiro atoms. The Morgan fingerprint density at radius 1 is 1.29 bits per heavy atom. The minimum Gasteiger partial charge on any atom is -0.489 e. The van der Waals surface area contributed by atoms with Crippen LogP contribution in [-0.4, -0.2) is 6.10 Å². The van der Waals surface area contributed by atoms with Crippen LogP contribution in [0.5, 0.6) is 5.75 Å². The third kappa shape index (κ3) is 3.14. The third-order valence-electron chi connectivity index (χ3n) is 3.32. The van der Waals surface area contributed by atoms with E-state index in [1.807, 2.05) is 0 Å². The van der Waals surface area contributed by atoms with Crippen molar-refractivity contribution >= 4 is 11.6 Å². The summed E-state index contributed by atoms with van der Waals surface area (Å²) in [5.74, 6) is 1.46. The van der Waals surface area contributed by atoms with E-state index in [2.05, 4.69) is 13.0 Å². The normalized spacial score (nSPS) is 24.1. The van der Waals surface area contributed by atoms with Gasteiger partial charge in [-0.15, -0.1) is 0 Å². The van der Waals surface area contributed by atoms with Gasteiger partial charge in [-0.25, -0.2) is 0 Å². The maximum absolute atomic E-state index is 9.03. The van der Waals surface area contributed by atoms with Crippen LogP contribution in [-0.2, 0) is 0 Å². The molecule has 0 N–H and O–H groups in total. The molecule has 0 heterocycles. The van der Waals surface area contributed by atoms with Gasteiger partial charge in [-0.2, -0.15) is 5.26 Å². The van der Waals surface area contributed by atoms with Crippen LogP contribution in [0.2, 0.25) is 5.02 Å². The highest BCUT2D eigenvalue weighted by molar-refractivity contribution is 6.30. The Hall–Kier alpha value is -1.20. The van der Waals surface area contributed by atoms with Crippen LogP contribution in [0.1, 0.15) is 38.2 Å². The predicted molar refractivity (Wildman–Crippen MR) is 68.2 cm³/mol. The number of nitrogens with zero attached hydrogens (tertiary/aromatic N) is 1. The van der Waals surface area contributed by atoms with Gasteiger partial charge in [0.2, 0.25) is 0 Å². The van der Waals surface area contributed by atoms with Crippen molar-refractivity contribution in [3.05, 3.63) is 28.8 Å². The lowest BCUT2D eigenvalue weighted by atomic mass is 9.89. The average Bonchev–Trinajstić information content (AvgIpc) is 2.34. The standard InChI is InChI=1S/C14H16ClNO/c1-10-2-5-13(6-3-10)17-14-7-4-12(15)8-11(14)9-16/h4,7-8,10,13H,2-3,5-6H2,1H3. The zero-order chi connectivity index (χ0) is 12.3. The molecule has 1 aliphatic carbocycles. The van der Waals surface area contributed by atoms with E-state index in [1.54, 1.807) is 18.2 Å². The molecule has 2 nitrogen and oxygen atoms in total. The summed E-state index contributed by atoms with van der Waals surface area (Å²) < 4.78 is 5.90. The fraction of sp³-hybridized carbons (Fsp3) is 0.500. The minimum atomic E-state index is 0.250. The zero-order valence-corrected chi connectivity index (χ0v) is 10.7. The molecule has 0 saturated heterocycles. The second-order valence-electron chi connectivity index (χ2n) is 4.75. The number of halogens is 1. The number of hydrogen-bond donors (Lipinski definition) is 0. The molecule has 0 aromatic heterocycles. The first kappa shape index (κ1) is 12.3. The van der Waals surface area contributed by atoms with Crippen molar-refractivity contribution in [3.63, 3.8) is 0 Å². The molecular formula is C14H16ClNO. The highest BCUT2D eigenvalue weighted by atomic mass is 35.5. The Morgan fingerprint density at radius 3 is 2.65 bits per heavy atom. The van der Waals surface area contributed by atoms with Crippen molar-refractivity contribution in [2.24, 2.45) is 5.92 Å². The third-order valence-corrected chi connectivity index (χ3v) is 3.55. The average molecular weight is 250 g/mol. The molecule has 17 heavy (non-hydrogen) atoms. The van der Waals surface area contributed by atoms with Crippen molar-refractivity contribution in [3.8, 4) is 11.8 Å². The van der Waals surface area contributed by atoms with E-state index < -0.39 is 0 Å². The molecule has 1 aromatic rings. The van der Waals surface area contributed by atoms with Crippen molar-refractivity contribution < 1.29 is 4.74 Å². The lowest BCUT2D eigenvalue weighted by molar-refractivity contribution is 0.135. The number of nitriles is 1. The summed E-state index contributed by atoms with van der Waals surface area (Å²) in [6.45, 7) is 2.28. The number of ether oxygens (including phenoxy) is 1. The van der Waals surface area contributed by atoms with Gasteiger partial charge in [0.05, 0.1) is 11.7 Å². The highest BCUT2D eigenvalue weighted by Gasteiger charge is 2.20. The van der Waals surface area contributed by atoms with Crippen molar-refractivity contribution in [1.29, 1.82) is 5.26 Å². The fourth-order valence-corrected chi connectivity index (χ4v) is 2.39. The lowest BCUT2D eigenvalue weighted by Crippen LogP contribution is -2.23.